The Morgan fingerprint density at radius 2 is 2.00 bits per heavy atom. The van der Waals surface area contributed by atoms with Gasteiger partial charge in [-0.05, 0) is 0 Å². The molecular formula is C9H15N5O3. The smallest absolute Gasteiger partial charge is 0.346 e. The van der Waals surface area contributed by atoms with E-state index in [0.29, 0.717) is 0 Å². The van der Waals surface area contributed by atoms with Crippen LogP contribution in [0.5, 0.6) is 0 Å². The number of carbonyl (C=O) groups excluding carboxylic acids is 1. The molecule has 94 valence electrons. The summed E-state index contributed by atoms with van der Waals surface area (Å²) < 4.78 is 2.01. The Kier molecular flexibility index (Phi) is 4.02. The van der Waals surface area contributed by atoms with E-state index < -0.39 is 11.2 Å². The molecule has 0 aliphatic carbocycles. The molecule has 0 saturated heterocycles. The summed E-state index contributed by atoms with van der Waals surface area (Å²) in [6.07, 6.45) is 0.226. The number of amides is 1. The molecule has 2 N–H and O–H groups in total. The molecule has 1 aromatic heterocycles. The summed E-state index contributed by atoms with van der Waals surface area (Å²) in [6.45, 7) is 0.278. The quantitative estimate of drug-likeness (QED) is 0.637. The van der Waals surface area contributed by atoms with Gasteiger partial charge in [0.05, 0.1) is 0 Å². The lowest BCUT2D eigenvalue weighted by atomic mass is 10.4. The molecular weight excluding hydrogens is 226 g/mol. The molecule has 0 radical (unpaired) electrons. The fourth-order valence-electron chi connectivity index (χ4n) is 1.23. The van der Waals surface area contributed by atoms with E-state index >= 15 is 0 Å². The average molecular weight is 241 g/mol. The van der Waals surface area contributed by atoms with Gasteiger partial charge in [-0.3, -0.25) is 14.2 Å². The maximum Gasteiger partial charge on any atom is 0.346 e. The Morgan fingerprint density at radius 1 is 1.35 bits per heavy atom. The van der Waals surface area contributed by atoms with Crippen molar-refractivity contribution in [1.82, 2.24) is 19.7 Å². The average Bonchev–Trinajstić information content (AvgIpc) is 2.32. The van der Waals surface area contributed by atoms with Gasteiger partial charge in [0.1, 0.15) is 0 Å². The summed E-state index contributed by atoms with van der Waals surface area (Å²) in [5.74, 6) is -0.0855. The normalized spacial score (nSPS) is 10.1. The second kappa shape index (κ2) is 5.28. The predicted octanol–water partition coefficient (Wildman–Crippen LogP) is -1.97. The van der Waals surface area contributed by atoms with Crippen molar-refractivity contribution in [3.8, 4) is 0 Å². The number of nitrogens with one attached hydrogen (secondary N) is 2. The van der Waals surface area contributed by atoms with Crippen molar-refractivity contribution in [1.29, 1.82) is 0 Å². The van der Waals surface area contributed by atoms with Crippen LogP contribution < -0.4 is 21.9 Å². The molecule has 0 bridgehead atoms. The lowest BCUT2D eigenvalue weighted by Crippen LogP contribution is -2.40. The number of hydrogen-bond donors (Lipinski definition) is 2. The summed E-state index contributed by atoms with van der Waals surface area (Å²) in [5, 5.41) is 8.97. The monoisotopic (exact) mass is 241 g/mol. The van der Waals surface area contributed by atoms with Gasteiger partial charge < -0.3 is 10.6 Å². The number of hydrogen-bond acceptors (Lipinski definition) is 5. The molecule has 17 heavy (non-hydrogen) atoms. The highest BCUT2D eigenvalue weighted by Crippen LogP contribution is 1.89. The van der Waals surface area contributed by atoms with Gasteiger partial charge in [-0.2, -0.15) is 0 Å². The molecule has 0 spiro atoms. The van der Waals surface area contributed by atoms with E-state index in [2.05, 4.69) is 15.7 Å². The third kappa shape index (κ3) is 2.92. The van der Waals surface area contributed by atoms with Crippen molar-refractivity contribution < 1.29 is 4.79 Å². The zero-order chi connectivity index (χ0) is 13.0. The van der Waals surface area contributed by atoms with Gasteiger partial charge in [-0.1, -0.05) is 0 Å². The van der Waals surface area contributed by atoms with Crippen LogP contribution >= 0.6 is 0 Å². The van der Waals surface area contributed by atoms with E-state index in [1.165, 1.54) is 21.1 Å². The molecule has 8 nitrogen and oxygen atoms in total. The zero-order valence-corrected chi connectivity index (χ0v) is 9.98. The third-order valence-electron chi connectivity index (χ3n) is 2.24. The first-order valence-corrected chi connectivity index (χ1v) is 5.06. The van der Waals surface area contributed by atoms with Crippen LogP contribution in [0.2, 0.25) is 0 Å². The number of anilines is 1. The topological polar surface area (TPSA) is 98.0 Å². The Bertz CT molecular complexity index is 530. The van der Waals surface area contributed by atoms with Crippen LogP contribution in [0.15, 0.2) is 9.59 Å². The largest absolute Gasteiger partial charge is 0.364 e. The van der Waals surface area contributed by atoms with Crippen LogP contribution in [0.1, 0.15) is 6.42 Å². The Balaban J connectivity index is 2.83. The van der Waals surface area contributed by atoms with Crippen LogP contribution in [0.4, 0.5) is 5.82 Å². The van der Waals surface area contributed by atoms with Crippen LogP contribution in [-0.2, 0) is 18.9 Å². The number of carbonyl (C=O) groups is 1. The number of aryl methyl sites for hydroxylation is 1. The molecule has 8 heteroatoms. The Labute approximate surface area is 97.3 Å². The van der Waals surface area contributed by atoms with Crippen molar-refractivity contribution in [2.75, 3.05) is 18.9 Å². The standard InChI is InChI=1S/C9H15N5O3/c1-10-6(15)4-5-11-7-8(16)13(2)9(17)14(3)12-7/h4-5H2,1-3H3,(H,10,15)(H,11,12). The minimum Gasteiger partial charge on any atom is -0.364 e. The van der Waals surface area contributed by atoms with Gasteiger partial charge in [0, 0.05) is 34.1 Å². The van der Waals surface area contributed by atoms with Gasteiger partial charge in [0.2, 0.25) is 11.7 Å². The van der Waals surface area contributed by atoms with E-state index in [9.17, 15) is 14.4 Å². The van der Waals surface area contributed by atoms with Gasteiger partial charge >= 0.3 is 5.69 Å². The first kappa shape index (κ1) is 12.9. The van der Waals surface area contributed by atoms with E-state index in [1.807, 2.05) is 0 Å². The molecule has 1 heterocycles. The van der Waals surface area contributed by atoms with Crippen LogP contribution in [-0.4, -0.2) is 33.8 Å². The van der Waals surface area contributed by atoms with E-state index in [4.69, 9.17) is 0 Å². The molecule has 1 aromatic rings. The highest BCUT2D eigenvalue weighted by Gasteiger charge is 2.08. The Morgan fingerprint density at radius 3 is 2.59 bits per heavy atom. The summed E-state index contributed by atoms with van der Waals surface area (Å²) >= 11 is 0. The van der Waals surface area contributed by atoms with Crippen LogP contribution in [0.25, 0.3) is 0 Å². The molecule has 0 saturated carbocycles. The van der Waals surface area contributed by atoms with Gasteiger partial charge in [0.15, 0.2) is 0 Å². The number of nitrogens with zero attached hydrogens (tertiary/aromatic N) is 3. The zero-order valence-electron chi connectivity index (χ0n) is 9.98. The highest BCUT2D eigenvalue weighted by molar-refractivity contribution is 5.75. The molecule has 0 atom stereocenters. The molecule has 1 rings (SSSR count). The number of aromatic nitrogens is 3. The van der Waals surface area contributed by atoms with Gasteiger partial charge in [-0.15, -0.1) is 5.10 Å². The van der Waals surface area contributed by atoms with Crippen LogP contribution in [0.3, 0.4) is 0 Å². The fraction of sp³-hybridized carbons (Fsp3) is 0.556. The minimum absolute atomic E-state index is 0.0542. The van der Waals surface area contributed by atoms with Crippen molar-refractivity contribution in [3.63, 3.8) is 0 Å². The van der Waals surface area contributed by atoms with Crippen LogP contribution in [0, 0.1) is 0 Å². The predicted molar refractivity (Wildman–Crippen MR) is 61.9 cm³/mol. The first-order valence-electron chi connectivity index (χ1n) is 5.06. The summed E-state index contributed by atoms with van der Waals surface area (Å²) in [4.78, 5) is 33.9. The van der Waals surface area contributed by atoms with Gasteiger partial charge in [-0.25, -0.2) is 9.48 Å². The molecule has 0 aliphatic heterocycles. The molecule has 1 amide bonds. The van der Waals surface area contributed by atoms with E-state index in [1.54, 1.807) is 0 Å². The first-order chi connectivity index (χ1) is 7.97. The van der Waals surface area contributed by atoms with Crippen molar-refractivity contribution in [3.05, 3.63) is 20.8 Å². The maximum absolute atomic E-state index is 11.6. The molecule has 0 fully saturated rings. The summed E-state index contributed by atoms with van der Waals surface area (Å²) in [5.41, 5.74) is -1.00. The highest BCUT2D eigenvalue weighted by atomic mass is 16.2. The number of rotatable bonds is 4. The Hall–Kier alpha value is -2.12. The minimum atomic E-state index is -0.509. The second-order valence-electron chi connectivity index (χ2n) is 3.47. The third-order valence-corrected chi connectivity index (χ3v) is 2.24. The lowest BCUT2D eigenvalue weighted by Gasteiger charge is -2.07. The molecule has 0 aliphatic rings. The maximum atomic E-state index is 11.6. The molecule has 0 unspecified atom stereocenters. The van der Waals surface area contributed by atoms with E-state index in [0.717, 1.165) is 9.25 Å². The van der Waals surface area contributed by atoms with Crippen molar-refractivity contribution >= 4 is 11.7 Å². The van der Waals surface area contributed by atoms with Crippen molar-refractivity contribution in [2.45, 2.75) is 6.42 Å². The van der Waals surface area contributed by atoms with E-state index in [-0.39, 0.29) is 24.7 Å². The fourth-order valence-corrected chi connectivity index (χ4v) is 1.23. The summed E-state index contributed by atoms with van der Waals surface area (Å²) in [7, 11) is 4.35. The summed E-state index contributed by atoms with van der Waals surface area (Å²) in [6, 6.07) is 0. The second-order valence-corrected chi connectivity index (χ2v) is 3.47. The van der Waals surface area contributed by atoms with Crippen molar-refractivity contribution in [2.24, 2.45) is 14.1 Å². The lowest BCUT2D eigenvalue weighted by molar-refractivity contribution is -0.120. The van der Waals surface area contributed by atoms with Gasteiger partial charge in [0.25, 0.3) is 5.56 Å². The molecule has 0 aromatic carbocycles. The SMILES string of the molecule is CNC(=O)CCNc1nn(C)c(=O)n(C)c1=O.